The molecule has 4 aromatic heterocycles. The average Bonchev–Trinajstić information content (AvgIpc) is 1.58. The zero-order valence-electron chi connectivity index (χ0n) is 80.4. The minimum atomic E-state index is 0.873. The molecule has 147 heavy (non-hydrogen) atoms. The number of hydrogen-bond donors (Lipinski definition) is 0. The zero-order chi connectivity index (χ0) is 97.2. The van der Waals surface area contributed by atoms with Gasteiger partial charge in [-0.1, -0.05) is 376 Å². The molecule has 0 aliphatic carbocycles. The summed E-state index contributed by atoms with van der Waals surface area (Å²) in [6, 6.07) is 205. The van der Waals surface area contributed by atoms with Crippen LogP contribution in [-0.2, 0) is 0 Å². The van der Waals surface area contributed by atoms with Crippen molar-refractivity contribution in [3.05, 3.63) is 570 Å². The van der Waals surface area contributed by atoms with Gasteiger partial charge < -0.3 is 32.8 Å². The van der Waals surface area contributed by atoms with Crippen LogP contribution < -0.4 is 14.7 Å². The quantitative estimate of drug-likeness (QED) is 0.0966. The van der Waals surface area contributed by atoms with E-state index in [9.17, 15) is 0 Å². The molecule has 29 aromatic rings. The molecule has 0 N–H and O–H groups in total. The molecule has 0 unspecified atom stereocenters. The highest BCUT2D eigenvalue weighted by molar-refractivity contribution is 6.23. The van der Waals surface area contributed by atoms with Crippen LogP contribution in [0.25, 0.3) is 203 Å². The number of furan rings is 1. The van der Waals surface area contributed by atoms with Crippen LogP contribution in [-0.4, -0.2) is 13.7 Å². The molecule has 29 rings (SSSR count). The van der Waals surface area contributed by atoms with Gasteiger partial charge in [-0.25, -0.2) is 0 Å². The van der Waals surface area contributed by atoms with Crippen LogP contribution in [0.2, 0.25) is 0 Å². The summed E-state index contributed by atoms with van der Waals surface area (Å²) in [6.45, 7) is 0. The SMILES string of the molecule is c1ccc(-c2ccc(N(c3ccc(-c4cccc5ccccc45)cc3)c3cc4c5ccccc5n(-c5ccccc5)c4c4ccccc34)cc2)cc1.c1ccc(-c2ccc(N(c3ccc4c(c3)oc3ccccc34)c3ccc4c(c3)c3cc5ccccc5cc3n4-c3ccccc3)cc2)cc1.c1ccc(-c2ccc(N(c3ccccc3)c3ccc4c(c3)c3cc5ccccc5cc3n4-c3ccc4ccccc4c3)cc2)cc1. The molecular weight excluding hydrogens is 1780 g/mol. The number of rotatable bonds is 16. The van der Waals surface area contributed by atoms with Crippen molar-refractivity contribution in [2.75, 3.05) is 14.7 Å². The third-order valence-corrected chi connectivity index (χ3v) is 29.2. The van der Waals surface area contributed by atoms with Gasteiger partial charge in [0.15, 0.2) is 0 Å². The second-order valence-corrected chi connectivity index (χ2v) is 37.8. The van der Waals surface area contributed by atoms with Crippen LogP contribution in [0.4, 0.5) is 51.2 Å². The number of anilines is 9. The number of aromatic nitrogens is 3. The van der Waals surface area contributed by atoms with Gasteiger partial charge >= 0.3 is 0 Å². The minimum Gasteiger partial charge on any atom is -0.456 e. The number of nitrogens with zero attached hydrogens (tertiary/aromatic N) is 6. The van der Waals surface area contributed by atoms with Crippen molar-refractivity contribution in [1.82, 2.24) is 13.7 Å². The smallest absolute Gasteiger partial charge is 0.137 e. The Morgan fingerprint density at radius 2 is 0.490 bits per heavy atom. The van der Waals surface area contributed by atoms with Gasteiger partial charge in [0.25, 0.3) is 0 Å². The Kier molecular flexibility index (Phi) is 21.8. The highest BCUT2D eigenvalue weighted by Crippen LogP contribution is 2.50. The second kappa shape index (κ2) is 37.1. The lowest BCUT2D eigenvalue weighted by Crippen LogP contribution is -2.10. The van der Waals surface area contributed by atoms with Crippen molar-refractivity contribution in [1.29, 1.82) is 0 Å². The van der Waals surface area contributed by atoms with Gasteiger partial charge in [-0.15, -0.1) is 0 Å². The number of benzene rings is 25. The minimum absolute atomic E-state index is 0.873. The summed E-state index contributed by atoms with van der Waals surface area (Å²) in [5.74, 6) is 0. The van der Waals surface area contributed by atoms with E-state index >= 15 is 0 Å². The molecule has 0 radical (unpaired) electrons. The van der Waals surface area contributed by atoms with Crippen molar-refractivity contribution in [2.45, 2.75) is 0 Å². The van der Waals surface area contributed by atoms with E-state index < -0.39 is 0 Å². The van der Waals surface area contributed by atoms with Crippen LogP contribution in [0.5, 0.6) is 0 Å². The fourth-order valence-corrected chi connectivity index (χ4v) is 22.3. The number of hydrogen-bond acceptors (Lipinski definition) is 4. The average molecular weight is 1880 g/mol. The maximum Gasteiger partial charge on any atom is 0.137 e. The summed E-state index contributed by atoms with van der Waals surface area (Å²) in [4.78, 5) is 7.13. The standard InChI is InChI=1S/C50H34N2.C46H30N2O.C44H30N2/c1-3-14-35(15-4-1)36-26-30-40(31-27-36)51(41-32-28-38(29-33-41)43-24-13-17-37-16-7-8-20-42(37)43)49-34-47-45-22-11-12-25-48(45)52(39-18-5-2-6-19-39)50(47)46-23-10-9-21-44(46)49;1-3-11-31(12-4-1)32-19-21-36(22-20-32)47(38-23-25-40-39-17-9-10-18-45(39)49-46(40)30-38)37-24-26-43-42(29-37)41-27-33-13-7-8-14-34(33)28-44(41)48(43)35-15-5-2-6-16-35;1-3-11-31(12-4-1)33-19-22-38(23-20-33)45(37-17-5-2-6-18-37)40-25-26-43-42(30-40)41-28-35-15-9-10-16-36(35)29-44(41)46(43)39-24-21-32-13-7-8-14-34(32)27-39/h1-34H;1-30H;1-30H. The molecular formula is C140H94N6O. The molecule has 7 nitrogen and oxygen atoms in total. The van der Waals surface area contributed by atoms with Gasteiger partial charge in [0, 0.05) is 122 Å². The van der Waals surface area contributed by atoms with E-state index in [1.54, 1.807) is 0 Å². The first-order chi connectivity index (χ1) is 72.9. The van der Waals surface area contributed by atoms with Crippen LogP contribution in [0.1, 0.15) is 0 Å². The molecule has 0 fully saturated rings. The Morgan fingerprint density at radius 1 is 0.143 bits per heavy atom. The molecule has 0 aliphatic heterocycles. The van der Waals surface area contributed by atoms with Gasteiger partial charge in [0.1, 0.15) is 11.2 Å². The number of para-hydroxylation sites is 5. The third-order valence-electron chi connectivity index (χ3n) is 29.2. The lowest BCUT2D eigenvalue weighted by molar-refractivity contribution is 0.669. The fourth-order valence-electron chi connectivity index (χ4n) is 22.3. The highest BCUT2D eigenvalue weighted by atomic mass is 16.3. The van der Waals surface area contributed by atoms with Crippen molar-refractivity contribution in [2.24, 2.45) is 0 Å². The molecule has 0 atom stereocenters. The fraction of sp³-hybridized carbons (Fsp3) is 0. The van der Waals surface area contributed by atoms with Crippen LogP contribution >= 0.6 is 0 Å². The van der Waals surface area contributed by atoms with E-state index in [0.717, 1.165) is 90.2 Å². The summed E-state index contributed by atoms with van der Waals surface area (Å²) in [5, 5.41) is 22.0. The van der Waals surface area contributed by atoms with Gasteiger partial charge in [-0.05, 0) is 276 Å². The van der Waals surface area contributed by atoms with Crippen molar-refractivity contribution >= 4 is 192 Å². The van der Waals surface area contributed by atoms with Crippen LogP contribution in [0.15, 0.2) is 575 Å². The molecule has 7 heteroatoms. The zero-order valence-corrected chi connectivity index (χ0v) is 80.4. The van der Waals surface area contributed by atoms with E-state index in [4.69, 9.17) is 4.42 Å². The summed E-state index contributed by atoms with van der Waals surface area (Å²) in [6.07, 6.45) is 0. The first-order valence-corrected chi connectivity index (χ1v) is 50.3. The van der Waals surface area contributed by atoms with Gasteiger partial charge in [0.2, 0.25) is 0 Å². The van der Waals surface area contributed by atoms with E-state index in [-0.39, 0.29) is 0 Å². The first-order valence-electron chi connectivity index (χ1n) is 50.3. The molecule has 0 bridgehead atoms. The van der Waals surface area contributed by atoms with Crippen molar-refractivity contribution in [3.63, 3.8) is 0 Å². The second-order valence-electron chi connectivity index (χ2n) is 37.8. The molecule has 0 amide bonds. The lowest BCUT2D eigenvalue weighted by atomic mass is 9.97. The third kappa shape index (κ3) is 15.8. The molecule has 0 saturated carbocycles. The van der Waals surface area contributed by atoms with Gasteiger partial charge in [-0.2, -0.15) is 0 Å². The monoisotopic (exact) mass is 1870 g/mol. The van der Waals surface area contributed by atoms with E-state index in [1.807, 2.05) is 12.1 Å². The highest BCUT2D eigenvalue weighted by Gasteiger charge is 2.27. The van der Waals surface area contributed by atoms with Crippen molar-refractivity contribution < 1.29 is 4.42 Å². The van der Waals surface area contributed by atoms with E-state index in [0.29, 0.717) is 0 Å². The predicted octanol–water partition coefficient (Wildman–Crippen LogP) is 39.1. The summed E-state index contributed by atoms with van der Waals surface area (Å²) < 4.78 is 13.6. The lowest BCUT2D eigenvalue weighted by Gasteiger charge is -2.28. The predicted molar refractivity (Wildman–Crippen MR) is 623 cm³/mol. The Labute approximate surface area is 850 Å². The summed E-state index contributed by atoms with van der Waals surface area (Å²) in [5.41, 5.74) is 32.0. The molecule has 4 heterocycles. The van der Waals surface area contributed by atoms with Gasteiger partial charge in [0.05, 0.1) is 38.8 Å². The van der Waals surface area contributed by atoms with Crippen LogP contribution in [0.3, 0.4) is 0 Å². The largest absolute Gasteiger partial charge is 0.456 e. The van der Waals surface area contributed by atoms with E-state index in [2.05, 4.69) is 587 Å². The van der Waals surface area contributed by atoms with Crippen LogP contribution in [0, 0.1) is 0 Å². The first kappa shape index (κ1) is 86.5. The Balaban J connectivity index is 0.000000109. The number of fused-ring (bicyclic) bond motifs is 18. The summed E-state index contributed by atoms with van der Waals surface area (Å²) >= 11 is 0. The van der Waals surface area contributed by atoms with E-state index in [1.165, 1.54) is 164 Å². The van der Waals surface area contributed by atoms with Gasteiger partial charge in [-0.3, -0.25) is 0 Å². The molecule has 0 aliphatic rings. The maximum absolute atomic E-state index is 6.38. The Morgan fingerprint density at radius 3 is 1.03 bits per heavy atom. The molecule has 690 valence electrons. The topological polar surface area (TPSA) is 37.6 Å². The summed E-state index contributed by atoms with van der Waals surface area (Å²) in [7, 11) is 0. The Hall–Kier alpha value is -19.6. The normalized spacial score (nSPS) is 11.5. The Bertz CT molecular complexity index is 10000. The molecule has 25 aromatic carbocycles. The maximum atomic E-state index is 6.38. The van der Waals surface area contributed by atoms with Crippen molar-refractivity contribution in [3.8, 4) is 61.6 Å². The molecule has 0 saturated heterocycles. The molecule has 0 spiro atoms.